The van der Waals surface area contributed by atoms with Gasteiger partial charge in [-0.1, -0.05) is 63.9 Å². The van der Waals surface area contributed by atoms with Gasteiger partial charge in [-0.25, -0.2) is 14.7 Å². The van der Waals surface area contributed by atoms with E-state index in [4.69, 9.17) is 11.6 Å². The highest BCUT2D eigenvalue weighted by Gasteiger charge is 2.61. The number of nitrogens with one attached hydrogen (secondary N) is 1. The van der Waals surface area contributed by atoms with Crippen LogP contribution in [-0.2, 0) is 9.59 Å². The van der Waals surface area contributed by atoms with Gasteiger partial charge in [0.1, 0.15) is 11.9 Å². The predicted octanol–water partition coefficient (Wildman–Crippen LogP) is 4.50. The zero-order chi connectivity index (χ0) is 23.3. The molecule has 5 rings (SSSR count). The number of hydrogen-bond acceptors (Lipinski definition) is 4. The number of fused-ring (bicyclic) bond motifs is 1. The second-order valence-electron chi connectivity index (χ2n) is 7.75. The van der Waals surface area contributed by atoms with Gasteiger partial charge in [-0.2, -0.15) is 0 Å². The Morgan fingerprint density at radius 1 is 0.970 bits per heavy atom. The molecule has 0 saturated carbocycles. The maximum absolute atomic E-state index is 14.7. The van der Waals surface area contributed by atoms with Gasteiger partial charge in [-0.15, -0.1) is 0 Å². The highest BCUT2D eigenvalue weighted by Crippen LogP contribution is 2.44. The normalized spacial score (nSPS) is 22.1. The van der Waals surface area contributed by atoms with Crippen molar-refractivity contribution in [2.75, 3.05) is 4.90 Å². The molecule has 2 saturated heterocycles. The van der Waals surface area contributed by atoms with Gasteiger partial charge in [0.25, 0.3) is 11.8 Å². The Morgan fingerprint density at radius 2 is 1.70 bits per heavy atom. The second-order valence-corrected chi connectivity index (χ2v) is 9.07. The number of hydrogen-bond donors (Lipinski definition) is 1. The molecule has 2 fully saturated rings. The van der Waals surface area contributed by atoms with Crippen LogP contribution in [0.5, 0.6) is 0 Å². The van der Waals surface area contributed by atoms with E-state index in [1.807, 2.05) is 0 Å². The number of benzene rings is 3. The van der Waals surface area contributed by atoms with Gasteiger partial charge in [0.2, 0.25) is 5.91 Å². The van der Waals surface area contributed by atoms with Crippen LogP contribution >= 0.6 is 27.5 Å². The van der Waals surface area contributed by atoms with Gasteiger partial charge in [-0.3, -0.25) is 19.4 Å². The Morgan fingerprint density at radius 3 is 2.42 bits per heavy atom. The van der Waals surface area contributed by atoms with Crippen LogP contribution in [0.3, 0.4) is 0 Å². The average molecular weight is 529 g/mol. The summed E-state index contributed by atoms with van der Waals surface area (Å²) in [5, 5.41) is 1.36. The number of anilines is 1. The maximum atomic E-state index is 14.7. The zero-order valence-corrected chi connectivity index (χ0v) is 19.3. The maximum Gasteiger partial charge on any atom is 0.268 e. The van der Waals surface area contributed by atoms with E-state index in [1.165, 1.54) is 18.2 Å². The Hall–Kier alpha value is -3.07. The van der Waals surface area contributed by atoms with Crippen LogP contribution in [0.4, 0.5) is 10.1 Å². The lowest BCUT2D eigenvalue weighted by molar-refractivity contribution is -0.123. The molecule has 33 heavy (non-hydrogen) atoms. The number of rotatable bonds is 3. The van der Waals surface area contributed by atoms with Crippen molar-refractivity contribution in [3.05, 3.63) is 99.2 Å². The number of halogens is 3. The molecule has 3 aromatic carbocycles. The van der Waals surface area contributed by atoms with Gasteiger partial charge >= 0.3 is 0 Å². The molecule has 1 N–H and O–H groups in total. The zero-order valence-electron chi connectivity index (χ0n) is 16.9. The number of nitrogens with zero attached hydrogens (tertiary/aromatic N) is 2. The second kappa shape index (κ2) is 8.37. The summed E-state index contributed by atoms with van der Waals surface area (Å²) in [5.41, 5.74) is 3.67. The predicted molar refractivity (Wildman–Crippen MR) is 124 cm³/mol. The molecule has 166 valence electrons. The first-order valence-corrected chi connectivity index (χ1v) is 11.3. The van der Waals surface area contributed by atoms with Crippen molar-refractivity contribution in [3.63, 3.8) is 0 Å². The van der Waals surface area contributed by atoms with Crippen molar-refractivity contribution in [2.24, 2.45) is 5.92 Å². The standard InChI is InChI=1S/C24H16BrClFN3O3/c25-14-7-5-6-13(12-14)22(31)30-21-19(20(28-30)15-8-1-3-10-17(15)27)23(32)29(24(21)33)18-11-4-2-9-16(18)26/h1-12,19-21,28H/t19-,20+,21-/m1/s1. The van der Waals surface area contributed by atoms with Crippen LogP contribution in [0.1, 0.15) is 22.0 Å². The third kappa shape index (κ3) is 3.55. The Kier molecular flexibility index (Phi) is 5.52. The van der Waals surface area contributed by atoms with Crippen LogP contribution in [0.25, 0.3) is 0 Å². The highest BCUT2D eigenvalue weighted by atomic mass is 79.9. The van der Waals surface area contributed by atoms with E-state index >= 15 is 0 Å². The molecule has 2 aliphatic heterocycles. The molecule has 2 aliphatic rings. The highest BCUT2D eigenvalue weighted by molar-refractivity contribution is 9.10. The van der Waals surface area contributed by atoms with E-state index in [0.717, 1.165) is 9.91 Å². The van der Waals surface area contributed by atoms with E-state index in [-0.39, 0.29) is 16.3 Å². The summed E-state index contributed by atoms with van der Waals surface area (Å²) < 4.78 is 15.4. The molecule has 0 unspecified atom stereocenters. The van der Waals surface area contributed by atoms with E-state index in [9.17, 15) is 18.8 Å². The molecule has 0 radical (unpaired) electrons. The van der Waals surface area contributed by atoms with E-state index in [2.05, 4.69) is 21.4 Å². The molecule has 0 spiro atoms. The number of amides is 3. The van der Waals surface area contributed by atoms with Crippen molar-refractivity contribution >= 4 is 50.9 Å². The molecular formula is C24H16BrClFN3O3. The first-order chi connectivity index (χ1) is 15.9. The first-order valence-electron chi connectivity index (χ1n) is 10.1. The summed E-state index contributed by atoms with van der Waals surface area (Å²) in [6.45, 7) is 0. The Labute approximate surface area is 202 Å². The van der Waals surface area contributed by atoms with Gasteiger partial charge in [0.05, 0.1) is 22.7 Å². The van der Waals surface area contributed by atoms with Crippen LogP contribution in [-0.4, -0.2) is 28.8 Å². The van der Waals surface area contributed by atoms with E-state index in [1.54, 1.807) is 54.6 Å². The fourth-order valence-electron chi connectivity index (χ4n) is 4.39. The third-order valence-corrected chi connectivity index (χ3v) is 6.67. The smallest absolute Gasteiger partial charge is 0.268 e. The van der Waals surface area contributed by atoms with Gasteiger partial charge < -0.3 is 0 Å². The minimum absolute atomic E-state index is 0.194. The Bertz CT molecular complexity index is 1300. The largest absolute Gasteiger partial charge is 0.274 e. The summed E-state index contributed by atoms with van der Waals surface area (Å²) in [6, 6.07) is 17.1. The summed E-state index contributed by atoms with van der Waals surface area (Å²) in [4.78, 5) is 41.5. The number of imide groups is 1. The summed E-state index contributed by atoms with van der Waals surface area (Å²) >= 11 is 9.61. The van der Waals surface area contributed by atoms with Crippen molar-refractivity contribution < 1.29 is 18.8 Å². The quantitative estimate of drug-likeness (QED) is 0.508. The molecule has 3 amide bonds. The van der Waals surface area contributed by atoms with Gasteiger partial charge in [0.15, 0.2) is 0 Å². The van der Waals surface area contributed by atoms with E-state index < -0.39 is 41.5 Å². The number of hydrazine groups is 1. The van der Waals surface area contributed by atoms with Gasteiger partial charge in [-0.05, 0) is 36.4 Å². The average Bonchev–Trinajstić information content (AvgIpc) is 3.31. The fourth-order valence-corrected chi connectivity index (χ4v) is 5.01. The molecule has 0 aromatic heterocycles. The molecule has 6 nitrogen and oxygen atoms in total. The number of carbonyl (C=O) groups excluding carboxylic acids is 3. The lowest BCUT2D eigenvalue weighted by Crippen LogP contribution is -2.48. The third-order valence-electron chi connectivity index (χ3n) is 5.86. The molecule has 2 heterocycles. The molecule has 0 aliphatic carbocycles. The Balaban J connectivity index is 1.62. The van der Waals surface area contributed by atoms with Gasteiger partial charge in [0, 0.05) is 15.6 Å². The molecular weight excluding hydrogens is 513 g/mol. The monoisotopic (exact) mass is 527 g/mol. The number of para-hydroxylation sites is 1. The molecule has 3 atom stereocenters. The van der Waals surface area contributed by atoms with E-state index in [0.29, 0.717) is 10.0 Å². The minimum Gasteiger partial charge on any atom is -0.274 e. The summed E-state index contributed by atoms with van der Waals surface area (Å²) in [7, 11) is 0. The van der Waals surface area contributed by atoms with Crippen molar-refractivity contribution in [3.8, 4) is 0 Å². The fraction of sp³-hybridized carbons (Fsp3) is 0.125. The van der Waals surface area contributed by atoms with Crippen LogP contribution in [0.15, 0.2) is 77.3 Å². The van der Waals surface area contributed by atoms with Crippen molar-refractivity contribution in [2.45, 2.75) is 12.1 Å². The molecule has 3 aromatic rings. The SMILES string of the molecule is O=C1[C@@H]2[C@H](c3ccccc3F)NN(C(=O)c3cccc(Br)c3)[C@H]2C(=O)N1c1ccccc1Cl. The number of carbonyl (C=O) groups is 3. The van der Waals surface area contributed by atoms with Crippen molar-refractivity contribution in [1.29, 1.82) is 0 Å². The van der Waals surface area contributed by atoms with Crippen molar-refractivity contribution in [1.82, 2.24) is 10.4 Å². The van der Waals surface area contributed by atoms with Crippen LogP contribution in [0.2, 0.25) is 5.02 Å². The summed E-state index contributed by atoms with van der Waals surface area (Å²) in [6.07, 6.45) is 0. The van der Waals surface area contributed by atoms with Crippen LogP contribution < -0.4 is 10.3 Å². The molecule has 0 bridgehead atoms. The first kappa shape index (κ1) is 21.8. The lowest BCUT2D eigenvalue weighted by Gasteiger charge is -2.25. The van der Waals surface area contributed by atoms with Crippen LogP contribution in [0, 0.1) is 11.7 Å². The minimum atomic E-state index is -1.16. The molecule has 9 heteroatoms. The summed E-state index contributed by atoms with van der Waals surface area (Å²) in [5.74, 6) is -3.23. The lowest BCUT2D eigenvalue weighted by atomic mass is 9.90. The topological polar surface area (TPSA) is 69.7 Å².